The summed E-state index contributed by atoms with van der Waals surface area (Å²) in [6, 6.07) is -0.460. The van der Waals surface area contributed by atoms with E-state index in [1.165, 1.54) is 11.8 Å². The Balaban J connectivity index is 1.48. The van der Waals surface area contributed by atoms with Gasteiger partial charge in [-0.25, -0.2) is 0 Å². The van der Waals surface area contributed by atoms with Crippen molar-refractivity contribution in [1.29, 1.82) is 0 Å². The summed E-state index contributed by atoms with van der Waals surface area (Å²) in [6.07, 6.45) is 10.2. The molecule has 3 N–H and O–H groups in total. The predicted molar refractivity (Wildman–Crippen MR) is 193 cm³/mol. The van der Waals surface area contributed by atoms with Crippen LogP contribution in [0.1, 0.15) is 121 Å². The molecule has 13 atom stereocenters. The van der Waals surface area contributed by atoms with Crippen LogP contribution in [0, 0.1) is 72.2 Å². The third-order valence-corrected chi connectivity index (χ3v) is 16.3. The van der Waals surface area contributed by atoms with E-state index in [2.05, 4.69) is 87.3 Å². The van der Waals surface area contributed by atoms with E-state index < -0.39 is 22.7 Å². The maximum absolute atomic E-state index is 13.5. The van der Waals surface area contributed by atoms with E-state index in [-0.39, 0.29) is 74.3 Å². The van der Waals surface area contributed by atoms with Crippen molar-refractivity contribution in [1.82, 2.24) is 9.78 Å². The molecule has 10 heteroatoms. The van der Waals surface area contributed by atoms with Gasteiger partial charge in [0.1, 0.15) is 12.4 Å². The van der Waals surface area contributed by atoms with Crippen LogP contribution in [-0.4, -0.2) is 57.2 Å². The molecule has 0 spiro atoms. The zero-order chi connectivity index (χ0) is 37.0. The highest BCUT2D eigenvalue weighted by molar-refractivity contribution is 5.73. The first-order chi connectivity index (χ1) is 23.1. The van der Waals surface area contributed by atoms with Gasteiger partial charge in [0.05, 0.1) is 42.3 Å². The topological polar surface area (TPSA) is 143 Å². The molecule has 280 valence electrons. The first-order valence-electron chi connectivity index (χ1n) is 19.2. The van der Waals surface area contributed by atoms with Crippen LogP contribution in [0.15, 0.2) is 24.0 Å². The van der Waals surface area contributed by atoms with Gasteiger partial charge in [-0.3, -0.25) is 19.6 Å². The van der Waals surface area contributed by atoms with E-state index in [1.807, 2.05) is 0 Å². The number of allylic oxidation sites excluding steroid dienone is 1. The van der Waals surface area contributed by atoms with Crippen LogP contribution in [0.4, 0.5) is 5.69 Å². The lowest BCUT2D eigenvalue weighted by atomic mass is 9.33. The number of carboxylic acid groups (broad SMARTS) is 1. The Kier molecular flexibility index (Phi) is 9.08. The molecule has 2 heterocycles. The predicted octanol–water partition coefficient (Wildman–Crippen LogP) is 8.07. The van der Waals surface area contributed by atoms with Gasteiger partial charge in [0, 0.05) is 16.9 Å². The third kappa shape index (κ3) is 5.11. The van der Waals surface area contributed by atoms with Crippen molar-refractivity contribution in [3.63, 3.8) is 0 Å². The van der Waals surface area contributed by atoms with E-state index in [4.69, 9.17) is 15.2 Å². The van der Waals surface area contributed by atoms with Gasteiger partial charge in [-0.15, -0.1) is 0 Å². The molecule has 10 nitrogen and oxygen atoms in total. The molecule has 0 amide bonds. The summed E-state index contributed by atoms with van der Waals surface area (Å²) in [7, 11) is 0. The SMILES string of the molecule is CC(C)[C@@H](C)[C@@]1(C)CC[C@]2(C)[C@H]3CC[C@H]4[C@@]5(C)CO[C@@H](C)[C@@]4(CC(n4cc([N+](=O)[O-])cn4)[C@@H]5OC[C@H](N)C(C)(C)C)C3=CC[C@@]2(C)[C@@H]1C(=O)O. The van der Waals surface area contributed by atoms with Crippen molar-refractivity contribution in [3.05, 3.63) is 34.2 Å². The molecule has 0 radical (unpaired) electrons. The lowest BCUT2D eigenvalue weighted by Gasteiger charge is -2.72. The highest BCUT2D eigenvalue weighted by atomic mass is 16.6. The number of carbonyl (C=O) groups is 1. The zero-order valence-electron chi connectivity index (χ0n) is 32.5. The second kappa shape index (κ2) is 12.1. The molecule has 1 unspecified atom stereocenters. The average Bonchev–Trinajstić information content (AvgIpc) is 3.52. The number of hydrogen-bond donors (Lipinski definition) is 2. The minimum atomic E-state index is -0.662. The van der Waals surface area contributed by atoms with Crippen LogP contribution < -0.4 is 5.73 Å². The number of rotatable bonds is 8. The molecule has 0 aromatic carbocycles. The Hall–Kier alpha value is -2.30. The zero-order valence-corrected chi connectivity index (χ0v) is 32.5. The van der Waals surface area contributed by atoms with Gasteiger partial charge in [-0.05, 0) is 90.8 Å². The number of ether oxygens (including phenoxy) is 2. The van der Waals surface area contributed by atoms with Gasteiger partial charge >= 0.3 is 11.7 Å². The molecular weight excluding hydrogens is 632 g/mol. The molecule has 2 bridgehead atoms. The van der Waals surface area contributed by atoms with Gasteiger partial charge in [-0.1, -0.05) is 80.9 Å². The number of nitrogens with two attached hydrogens (primary N) is 1. The number of carboxylic acids is 1. The standard InChI is InChI=1S/C40H64N4O6/c1-23(2)24(3)36(8)16-17-38(10)27-12-13-30-37(9)22-50-25(4)40(30,28(27)14-15-39(38,11)32(36)34(45)46)18-29(43-20-26(19-42-43)44(47)48)33(37)49-21-31(41)35(5,6)7/h14,19-20,23-25,27,29-33H,12-13,15-18,21-22,41H2,1-11H3,(H,45,46)/t24-,25+,27+,29?,30+,31+,32-,33+,36-,37-,38-,39+,40+/m1/s1. The number of nitro groups is 1. The van der Waals surface area contributed by atoms with Crippen molar-refractivity contribution in [2.45, 2.75) is 139 Å². The Morgan fingerprint density at radius 2 is 1.86 bits per heavy atom. The molecule has 1 aliphatic heterocycles. The molecule has 1 saturated heterocycles. The fourth-order valence-electron chi connectivity index (χ4n) is 12.5. The summed E-state index contributed by atoms with van der Waals surface area (Å²) in [6.45, 7) is 25.4. The minimum absolute atomic E-state index is 0.0309. The summed E-state index contributed by atoms with van der Waals surface area (Å²) in [4.78, 5) is 25.0. The van der Waals surface area contributed by atoms with E-state index in [0.29, 0.717) is 32.0 Å². The number of aliphatic carboxylic acids is 1. The fraction of sp³-hybridized carbons (Fsp3) is 0.850. The highest BCUT2D eigenvalue weighted by Crippen LogP contribution is 2.76. The summed E-state index contributed by atoms with van der Waals surface area (Å²) < 4.78 is 15.6. The van der Waals surface area contributed by atoms with Crippen LogP contribution in [-0.2, 0) is 14.3 Å². The Labute approximate surface area is 299 Å². The number of fused-ring (bicyclic) bond motifs is 3. The summed E-state index contributed by atoms with van der Waals surface area (Å²) in [5.41, 5.74) is 6.22. The summed E-state index contributed by atoms with van der Waals surface area (Å²) >= 11 is 0. The first kappa shape index (κ1) is 37.5. The smallest absolute Gasteiger partial charge is 0.307 e. The molecular formula is C40H64N4O6. The number of aromatic nitrogens is 2. The van der Waals surface area contributed by atoms with Crippen molar-refractivity contribution < 1.29 is 24.3 Å². The van der Waals surface area contributed by atoms with E-state index in [1.54, 1.807) is 10.9 Å². The van der Waals surface area contributed by atoms with Crippen LogP contribution >= 0.6 is 0 Å². The molecule has 3 saturated carbocycles. The molecule has 4 aliphatic carbocycles. The number of nitrogens with zero attached hydrogens (tertiary/aromatic N) is 3. The third-order valence-electron chi connectivity index (χ3n) is 16.3. The van der Waals surface area contributed by atoms with Crippen LogP contribution in [0.25, 0.3) is 0 Å². The molecule has 5 aliphatic rings. The van der Waals surface area contributed by atoms with Crippen molar-refractivity contribution in [3.8, 4) is 0 Å². The average molecular weight is 697 g/mol. The number of hydrogen-bond acceptors (Lipinski definition) is 7. The van der Waals surface area contributed by atoms with Crippen molar-refractivity contribution >= 4 is 11.7 Å². The lowest BCUT2D eigenvalue weighted by Crippen LogP contribution is -2.71. The Morgan fingerprint density at radius 1 is 1.18 bits per heavy atom. The largest absolute Gasteiger partial charge is 0.481 e. The molecule has 50 heavy (non-hydrogen) atoms. The summed E-state index contributed by atoms with van der Waals surface area (Å²) in [5.74, 6) is 0.0198. The van der Waals surface area contributed by atoms with Gasteiger partial charge < -0.3 is 20.3 Å². The first-order valence-corrected chi connectivity index (χ1v) is 19.2. The Bertz CT molecular complexity index is 1530. The quantitative estimate of drug-likeness (QED) is 0.158. The van der Waals surface area contributed by atoms with Crippen LogP contribution in [0.2, 0.25) is 0 Å². The Morgan fingerprint density at radius 3 is 2.44 bits per heavy atom. The normalized spacial score (nSPS) is 44.0. The lowest BCUT2D eigenvalue weighted by molar-refractivity contribution is -0.385. The van der Waals surface area contributed by atoms with Crippen LogP contribution in [0.5, 0.6) is 0 Å². The van der Waals surface area contributed by atoms with E-state index in [0.717, 1.165) is 25.7 Å². The minimum Gasteiger partial charge on any atom is -0.481 e. The summed E-state index contributed by atoms with van der Waals surface area (Å²) in [5, 5.41) is 27.5. The molecule has 6 rings (SSSR count). The van der Waals surface area contributed by atoms with Gasteiger partial charge in [0.2, 0.25) is 0 Å². The fourth-order valence-corrected chi connectivity index (χ4v) is 12.5. The monoisotopic (exact) mass is 696 g/mol. The second-order valence-electron chi connectivity index (χ2n) is 19.6. The van der Waals surface area contributed by atoms with Gasteiger partial charge in [0.25, 0.3) is 0 Å². The molecule has 1 aromatic heterocycles. The van der Waals surface area contributed by atoms with Crippen molar-refractivity contribution in [2.75, 3.05) is 13.2 Å². The maximum atomic E-state index is 13.5. The maximum Gasteiger partial charge on any atom is 0.307 e. The van der Waals surface area contributed by atoms with Crippen LogP contribution in [0.3, 0.4) is 0 Å². The van der Waals surface area contributed by atoms with E-state index >= 15 is 0 Å². The molecule has 4 fully saturated rings. The second-order valence-corrected chi connectivity index (χ2v) is 19.6. The highest BCUT2D eigenvalue weighted by Gasteiger charge is 2.73. The van der Waals surface area contributed by atoms with E-state index in [9.17, 15) is 20.0 Å². The van der Waals surface area contributed by atoms with Gasteiger partial charge in [0.15, 0.2) is 0 Å². The van der Waals surface area contributed by atoms with Gasteiger partial charge in [-0.2, -0.15) is 5.10 Å². The molecule has 1 aromatic rings. The van der Waals surface area contributed by atoms with Crippen molar-refractivity contribution in [2.24, 2.45) is 67.8 Å².